The second kappa shape index (κ2) is 5.75. The number of aromatic nitrogens is 1. The molecule has 1 amide bonds. The molecule has 8 heteroatoms. The fourth-order valence-electron chi connectivity index (χ4n) is 2.31. The van der Waals surface area contributed by atoms with Gasteiger partial charge in [-0.25, -0.2) is 4.98 Å². The molecule has 22 heavy (non-hydrogen) atoms. The number of rotatable bonds is 3. The number of nitrogens with zero attached hydrogens (tertiary/aromatic N) is 2. The Morgan fingerprint density at radius 2 is 2.18 bits per heavy atom. The van der Waals surface area contributed by atoms with E-state index in [2.05, 4.69) is 10.3 Å². The Balaban J connectivity index is 1.70. The van der Waals surface area contributed by atoms with Gasteiger partial charge in [0.2, 0.25) is 0 Å². The monoisotopic (exact) mass is 315 g/mol. The Morgan fingerprint density at radius 3 is 2.86 bits per heavy atom. The van der Waals surface area contributed by atoms with Crippen LogP contribution in [0.15, 0.2) is 18.3 Å². The van der Waals surface area contributed by atoms with E-state index >= 15 is 0 Å². The average Bonchev–Trinajstić information content (AvgIpc) is 3.31. The molecule has 1 saturated heterocycles. The van der Waals surface area contributed by atoms with Gasteiger partial charge in [-0.3, -0.25) is 4.79 Å². The lowest BCUT2D eigenvalue weighted by Gasteiger charge is -2.33. The molecule has 1 aromatic rings. The van der Waals surface area contributed by atoms with Crippen LogP contribution in [0.5, 0.6) is 0 Å². The van der Waals surface area contributed by atoms with E-state index in [9.17, 15) is 18.0 Å². The number of alkyl halides is 3. The molecular weight excluding hydrogens is 299 g/mol. The van der Waals surface area contributed by atoms with Gasteiger partial charge in [-0.1, -0.05) is 0 Å². The Bertz CT molecular complexity index is 561. The van der Waals surface area contributed by atoms with Crippen molar-refractivity contribution in [3.05, 3.63) is 23.9 Å². The highest BCUT2D eigenvalue weighted by atomic mass is 19.4. The maximum Gasteiger partial charge on any atom is 0.416 e. The predicted octanol–water partition coefficient (Wildman–Crippen LogP) is 1.58. The fourth-order valence-corrected chi connectivity index (χ4v) is 2.31. The van der Waals surface area contributed by atoms with E-state index < -0.39 is 17.8 Å². The number of hydrogen-bond acceptors (Lipinski definition) is 4. The highest BCUT2D eigenvalue weighted by molar-refractivity contribution is 5.82. The van der Waals surface area contributed by atoms with Gasteiger partial charge >= 0.3 is 6.18 Å². The molecular formula is C14H16F3N3O2. The second-order valence-electron chi connectivity index (χ2n) is 5.49. The van der Waals surface area contributed by atoms with Gasteiger partial charge in [-0.15, -0.1) is 0 Å². The number of carbonyl (C=O) groups is 1. The van der Waals surface area contributed by atoms with E-state index in [1.807, 2.05) is 0 Å². The summed E-state index contributed by atoms with van der Waals surface area (Å²) in [5, 5.41) is 2.84. The Morgan fingerprint density at radius 1 is 1.41 bits per heavy atom. The molecule has 1 atom stereocenters. The third-order valence-corrected chi connectivity index (χ3v) is 3.68. The largest absolute Gasteiger partial charge is 0.416 e. The molecule has 1 aliphatic carbocycles. The summed E-state index contributed by atoms with van der Waals surface area (Å²) in [5.41, 5.74) is -0.747. The molecule has 1 aliphatic heterocycles. The Labute approximate surface area is 125 Å². The zero-order valence-electron chi connectivity index (χ0n) is 11.8. The molecule has 1 N–H and O–H groups in total. The number of anilines is 1. The van der Waals surface area contributed by atoms with Crippen molar-refractivity contribution in [3.63, 3.8) is 0 Å². The summed E-state index contributed by atoms with van der Waals surface area (Å²) in [4.78, 5) is 17.6. The van der Waals surface area contributed by atoms with E-state index in [4.69, 9.17) is 4.74 Å². The molecule has 2 aliphatic rings. The molecule has 0 bridgehead atoms. The number of morpholine rings is 1. The number of carbonyl (C=O) groups excluding carboxylic acids is 1. The topological polar surface area (TPSA) is 54.5 Å². The molecule has 120 valence electrons. The standard InChI is InChI=1S/C14H16F3N3O2/c15-14(16,17)9-3-4-18-12(7-9)20-5-6-22-11(8-20)13(21)19-10-1-2-10/h3-4,7,10-11H,1-2,5-6,8H2,(H,19,21). The summed E-state index contributed by atoms with van der Waals surface area (Å²) < 4.78 is 43.7. The van der Waals surface area contributed by atoms with Crippen LogP contribution in [0.3, 0.4) is 0 Å². The maximum absolute atomic E-state index is 12.8. The zero-order valence-corrected chi connectivity index (χ0v) is 11.8. The average molecular weight is 315 g/mol. The first-order valence-electron chi connectivity index (χ1n) is 7.13. The van der Waals surface area contributed by atoms with Crippen LogP contribution < -0.4 is 10.2 Å². The normalized spacial score (nSPS) is 22.5. The molecule has 0 radical (unpaired) electrons. The quantitative estimate of drug-likeness (QED) is 0.920. The van der Waals surface area contributed by atoms with Gasteiger partial charge < -0.3 is 15.0 Å². The van der Waals surface area contributed by atoms with Crippen LogP contribution in [0, 0.1) is 0 Å². The molecule has 1 aromatic heterocycles. The molecule has 0 spiro atoms. The molecule has 2 fully saturated rings. The first-order valence-corrected chi connectivity index (χ1v) is 7.13. The summed E-state index contributed by atoms with van der Waals surface area (Å²) in [6.45, 7) is 0.884. The van der Waals surface area contributed by atoms with Crippen molar-refractivity contribution in [1.82, 2.24) is 10.3 Å². The predicted molar refractivity (Wildman–Crippen MR) is 72.4 cm³/mol. The third kappa shape index (κ3) is 3.49. The molecule has 0 aromatic carbocycles. The fraction of sp³-hybridized carbons (Fsp3) is 0.571. The van der Waals surface area contributed by atoms with Gasteiger partial charge in [0, 0.05) is 18.8 Å². The van der Waals surface area contributed by atoms with E-state index in [1.54, 1.807) is 4.90 Å². The summed E-state index contributed by atoms with van der Waals surface area (Å²) in [6, 6.07) is 2.15. The minimum atomic E-state index is -4.41. The summed E-state index contributed by atoms with van der Waals surface area (Å²) in [5.74, 6) is 0.00141. The van der Waals surface area contributed by atoms with E-state index in [0.717, 1.165) is 31.2 Å². The van der Waals surface area contributed by atoms with Crippen molar-refractivity contribution >= 4 is 11.7 Å². The SMILES string of the molecule is O=C(NC1CC1)C1CN(c2cc(C(F)(F)F)ccn2)CCO1. The number of nitrogens with one attached hydrogen (secondary N) is 1. The molecule has 1 saturated carbocycles. The van der Waals surface area contributed by atoms with Crippen LogP contribution in [-0.2, 0) is 15.7 Å². The van der Waals surface area contributed by atoms with Crippen LogP contribution in [0.1, 0.15) is 18.4 Å². The number of halogens is 3. The van der Waals surface area contributed by atoms with E-state index in [-0.39, 0.29) is 30.9 Å². The van der Waals surface area contributed by atoms with Crippen molar-refractivity contribution < 1.29 is 22.7 Å². The lowest BCUT2D eigenvalue weighted by Crippen LogP contribution is -2.50. The van der Waals surface area contributed by atoms with E-state index in [0.29, 0.717) is 6.54 Å². The van der Waals surface area contributed by atoms with Gasteiger partial charge in [-0.2, -0.15) is 13.2 Å². The Hall–Kier alpha value is -1.83. The summed E-state index contributed by atoms with van der Waals surface area (Å²) in [7, 11) is 0. The number of amides is 1. The smallest absolute Gasteiger partial charge is 0.365 e. The van der Waals surface area contributed by atoms with Crippen molar-refractivity contribution in [1.29, 1.82) is 0 Å². The van der Waals surface area contributed by atoms with Gasteiger partial charge in [-0.05, 0) is 25.0 Å². The minimum Gasteiger partial charge on any atom is -0.365 e. The van der Waals surface area contributed by atoms with E-state index in [1.165, 1.54) is 0 Å². The zero-order chi connectivity index (χ0) is 15.7. The molecule has 5 nitrogen and oxygen atoms in total. The van der Waals surface area contributed by atoms with Crippen molar-refractivity contribution in [2.24, 2.45) is 0 Å². The molecule has 1 unspecified atom stereocenters. The van der Waals surface area contributed by atoms with Gasteiger partial charge in [0.25, 0.3) is 5.91 Å². The van der Waals surface area contributed by atoms with Crippen molar-refractivity contribution in [2.45, 2.75) is 31.2 Å². The van der Waals surface area contributed by atoms with Gasteiger partial charge in [0.15, 0.2) is 6.10 Å². The lowest BCUT2D eigenvalue weighted by atomic mass is 10.2. The highest BCUT2D eigenvalue weighted by Crippen LogP contribution is 2.31. The summed E-state index contributed by atoms with van der Waals surface area (Å²) >= 11 is 0. The molecule has 3 rings (SSSR count). The molecule has 2 heterocycles. The number of hydrogen-bond donors (Lipinski definition) is 1. The first kappa shape index (κ1) is 15.1. The lowest BCUT2D eigenvalue weighted by molar-refractivity contribution is -0.137. The number of pyridine rings is 1. The van der Waals surface area contributed by atoms with Crippen LogP contribution >= 0.6 is 0 Å². The van der Waals surface area contributed by atoms with Crippen LogP contribution in [-0.4, -0.2) is 42.7 Å². The van der Waals surface area contributed by atoms with Crippen molar-refractivity contribution in [3.8, 4) is 0 Å². The number of ether oxygens (including phenoxy) is 1. The van der Waals surface area contributed by atoms with Gasteiger partial charge in [0.05, 0.1) is 18.7 Å². The highest BCUT2D eigenvalue weighted by Gasteiger charge is 2.34. The summed E-state index contributed by atoms with van der Waals surface area (Å²) in [6.07, 6.45) is -2.01. The maximum atomic E-state index is 12.8. The minimum absolute atomic E-state index is 0.201. The third-order valence-electron chi connectivity index (χ3n) is 3.68. The van der Waals surface area contributed by atoms with Crippen LogP contribution in [0.4, 0.5) is 19.0 Å². The van der Waals surface area contributed by atoms with Crippen molar-refractivity contribution in [2.75, 3.05) is 24.6 Å². The van der Waals surface area contributed by atoms with Crippen LogP contribution in [0.2, 0.25) is 0 Å². The first-order chi connectivity index (χ1) is 10.4. The Kier molecular flexibility index (Phi) is 3.94. The van der Waals surface area contributed by atoms with Gasteiger partial charge in [0.1, 0.15) is 5.82 Å². The second-order valence-corrected chi connectivity index (χ2v) is 5.49. The van der Waals surface area contributed by atoms with Crippen LogP contribution in [0.25, 0.3) is 0 Å².